The zero-order chi connectivity index (χ0) is 16.9. The van der Waals surface area contributed by atoms with E-state index < -0.39 is 17.7 Å². The molecule has 0 aromatic carbocycles. The Morgan fingerprint density at radius 1 is 1.32 bits per heavy atom. The number of likely N-dealkylation sites (tertiary alicyclic amines) is 1. The number of nitrogens with zero attached hydrogens (tertiary/aromatic N) is 1. The average molecular weight is 313 g/mol. The van der Waals surface area contributed by atoms with Crippen molar-refractivity contribution in [1.82, 2.24) is 15.5 Å². The van der Waals surface area contributed by atoms with Crippen molar-refractivity contribution in [3.8, 4) is 0 Å². The molecule has 126 valence electrons. The second-order valence-corrected chi connectivity index (χ2v) is 6.69. The molecule has 1 unspecified atom stereocenters. The van der Waals surface area contributed by atoms with Crippen LogP contribution in [0.3, 0.4) is 0 Å². The quantitative estimate of drug-likeness (QED) is 0.565. The Morgan fingerprint density at radius 2 is 1.95 bits per heavy atom. The van der Waals surface area contributed by atoms with Crippen molar-refractivity contribution in [3.05, 3.63) is 0 Å². The third-order valence-electron chi connectivity index (χ3n) is 3.11. The average Bonchev–Trinajstić information content (AvgIpc) is 2.61. The van der Waals surface area contributed by atoms with Crippen LogP contribution in [-0.2, 0) is 14.3 Å². The highest BCUT2D eigenvalue weighted by atomic mass is 16.6. The summed E-state index contributed by atoms with van der Waals surface area (Å²) in [5.74, 6) is -0.301. The van der Waals surface area contributed by atoms with E-state index in [2.05, 4.69) is 10.6 Å². The molecule has 0 bridgehead atoms. The molecular formula is C15H27N3O4. The molecule has 3 amide bonds. The van der Waals surface area contributed by atoms with E-state index in [0.29, 0.717) is 19.5 Å². The van der Waals surface area contributed by atoms with Gasteiger partial charge >= 0.3 is 6.09 Å². The van der Waals surface area contributed by atoms with Crippen LogP contribution >= 0.6 is 0 Å². The molecule has 1 rings (SSSR count). The number of carbonyl (C=O) groups is 3. The Hall–Kier alpha value is -1.63. The fourth-order valence-corrected chi connectivity index (χ4v) is 2.22. The Labute approximate surface area is 131 Å². The van der Waals surface area contributed by atoms with Crippen molar-refractivity contribution in [2.24, 2.45) is 0 Å². The van der Waals surface area contributed by atoms with Gasteiger partial charge in [0.2, 0.25) is 11.8 Å². The summed E-state index contributed by atoms with van der Waals surface area (Å²) in [5.41, 5.74) is -0.515. The molecule has 7 heteroatoms. The summed E-state index contributed by atoms with van der Waals surface area (Å²) in [6, 6.07) is -0.558. The topological polar surface area (TPSA) is 87.7 Å². The van der Waals surface area contributed by atoms with E-state index >= 15 is 0 Å². The molecule has 0 aliphatic carbocycles. The summed E-state index contributed by atoms with van der Waals surface area (Å²) < 4.78 is 5.11. The lowest BCUT2D eigenvalue weighted by molar-refractivity contribution is -0.140. The Balaban J connectivity index is 2.22. The van der Waals surface area contributed by atoms with Crippen molar-refractivity contribution in [2.75, 3.05) is 13.1 Å². The highest BCUT2D eigenvalue weighted by Crippen LogP contribution is 2.15. The van der Waals surface area contributed by atoms with Crippen LogP contribution in [0.15, 0.2) is 0 Å². The molecule has 1 heterocycles. The van der Waals surface area contributed by atoms with Crippen molar-refractivity contribution < 1.29 is 19.1 Å². The van der Waals surface area contributed by atoms with Crippen LogP contribution < -0.4 is 10.6 Å². The zero-order valence-electron chi connectivity index (χ0n) is 14.1. The number of carbonyl (C=O) groups excluding carboxylic acids is 3. The van der Waals surface area contributed by atoms with E-state index in [1.807, 2.05) is 13.8 Å². The van der Waals surface area contributed by atoms with Gasteiger partial charge in [0, 0.05) is 12.6 Å². The van der Waals surface area contributed by atoms with Crippen LogP contribution in [0.5, 0.6) is 0 Å². The van der Waals surface area contributed by atoms with Gasteiger partial charge in [0.05, 0.1) is 12.5 Å². The van der Waals surface area contributed by atoms with Gasteiger partial charge < -0.3 is 15.4 Å². The molecule has 7 nitrogen and oxygen atoms in total. The van der Waals surface area contributed by atoms with E-state index in [-0.39, 0.29) is 24.3 Å². The summed E-state index contributed by atoms with van der Waals surface area (Å²) in [7, 11) is 0. The highest BCUT2D eigenvalue weighted by Gasteiger charge is 2.39. The fraction of sp³-hybridized carbons (Fsp3) is 0.800. The number of hydrogen-bond acceptors (Lipinski definition) is 5. The molecule has 0 radical (unpaired) electrons. The molecule has 2 N–H and O–H groups in total. The normalized spacial score (nSPS) is 19.0. The summed E-state index contributed by atoms with van der Waals surface area (Å²) in [6.45, 7) is 10.0. The van der Waals surface area contributed by atoms with Crippen LogP contribution in [0.25, 0.3) is 0 Å². The van der Waals surface area contributed by atoms with Gasteiger partial charge in [-0.25, -0.2) is 4.79 Å². The SMILES string of the molecule is CC(C)N1C(=O)CC(NCCCNC(=O)OC(C)(C)C)C1=O. The molecule has 0 saturated carbocycles. The van der Waals surface area contributed by atoms with Gasteiger partial charge in [0.25, 0.3) is 0 Å². The number of ether oxygens (including phenoxy) is 1. The van der Waals surface area contributed by atoms with Crippen molar-refractivity contribution in [3.63, 3.8) is 0 Å². The molecule has 1 saturated heterocycles. The van der Waals surface area contributed by atoms with E-state index in [9.17, 15) is 14.4 Å². The first-order valence-electron chi connectivity index (χ1n) is 7.68. The Bertz CT molecular complexity index is 429. The van der Waals surface area contributed by atoms with Crippen LogP contribution in [0.1, 0.15) is 47.5 Å². The van der Waals surface area contributed by atoms with Gasteiger partial charge in [0.1, 0.15) is 5.60 Å². The predicted octanol–water partition coefficient (Wildman–Crippen LogP) is 1.03. The monoisotopic (exact) mass is 313 g/mol. The van der Waals surface area contributed by atoms with Crippen LogP contribution in [0, 0.1) is 0 Å². The standard InChI is InChI=1S/C15H27N3O4/c1-10(2)18-12(19)9-11(13(18)20)16-7-6-8-17-14(21)22-15(3,4)5/h10-11,16H,6-9H2,1-5H3,(H,17,21). The van der Waals surface area contributed by atoms with E-state index in [1.54, 1.807) is 20.8 Å². The predicted molar refractivity (Wildman–Crippen MR) is 82.3 cm³/mol. The lowest BCUT2D eigenvalue weighted by Crippen LogP contribution is -2.42. The lowest BCUT2D eigenvalue weighted by Gasteiger charge is -2.20. The van der Waals surface area contributed by atoms with Gasteiger partial charge in [-0.2, -0.15) is 0 Å². The smallest absolute Gasteiger partial charge is 0.407 e. The first-order valence-corrected chi connectivity index (χ1v) is 7.68. The minimum absolute atomic E-state index is 0.111. The summed E-state index contributed by atoms with van der Waals surface area (Å²) in [5, 5.41) is 5.71. The van der Waals surface area contributed by atoms with E-state index in [1.165, 1.54) is 4.90 Å². The molecule has 1 aliphatic rings. The first kappa shape index (κ1) is 18.4. The zero-order valence-corrected chi connectivity index (χ0v) is 14.1. The molecule has 1 aliphatic heterocycles. The molecule has 0 spiro atoms. The first-order chi connectivity index (χ1) is 10.1. The number of rotatable bonds is 6. The summed E-state index contributed by atoms with van der Waals surface area (Å²) in [6.07, 6.45) is 0.403. The number of hydrogen-bond donors (Lipinski definition) is 2. The summed E-state index contributed by atoms with van der Waals surface area (Å²) in [4.78, 5) is 36.5. The molecule has 1 fully saturated rings. The maximum Gasteiger partial charge on any atom is 0.407 e. The second kappa shape index (κ2) is 7.58. The van der Waals surface area contributed by atoms with Gasteiger partial charge in [-0.3, -0.25) is 14.5 Å². The number of alkyl carbamates (subject to hydrolysis) is 1. The number of amides is 3. The number of imide groups is 1. The molecule has 0 aromatic heterocycles. The number of nitrogens with one attached hydrogen (secondary N) is 2. The second-order valence-electron chi connectivity index (χ2n) is 6.69. The Morgan fingerprint density at radius 3 is 2.45 bits per heavy atom. The van der Waals surface area contributed by atoms with Crippen molar-refractivity contribution in [1.29, 1.82) is 0 Å². The minimum atomic E-state index is -0.515. The largest absolute Gasteiger partial charge is 0.444 e. The highest BCUT2D eigenvalue weighted by molar-refractivity contribution is 6.05. The van der Waals surface area contributed by atoms with Gasteiger partial charge in [0.15, 0.2) is 0 Å². The molecule has 0 aromatic rings. The third kappa shape index (κ3) is 5.63. The van der Waals surface area contributed by atoms with E-state index in [0.717, 1.165) is 0 Å². The Kier molecular flexibility index (Phi) is 6.34. The molecule has 1 atom stereocenters. The summed E-state index contributed by atoms with van der Waals surface area (Å²) >= 11 is 0. The van der Waals surface area contributed by atoms with Gasteiger partial charge in [-0.05, 0) is 47.6 Å². The fourth-order valence-electron chi connectivity index (χ4n) is 2.22. The van der Waals surface area contributed by atoms with E-state index in [4.69, 9.17) is 4.74 Å². The van der Waals surface area contributed by atoms with Crippen LogP contribution in [-0.4, -0.2) is 53.6 Å². The molecule has 22 heavy (non-hydrogen) atoms. The maximum atomic E-state index is 12.0. The van der Waals surface area contributed by atoms with Crippen molar-refractivity contribution in [2.45, 2.75) is 65.1 Å². The van der Waals surface area contributed by atoms with Gasteiger partial charge in [-0.15, -0.1) is 0 Å². The lowest BCUT2D eigenvalue weighted by atomic mass is 10.2. The van der Waals surface area contributed by atoms with Crippen molar-refractivity contribution >= 4 is 17.9 Å². The third-order valence-corrected chi connectivity index (χ3v) is 3.11. The van der Waals surface area contributed by atoms with Gasteiger partial charge in [-0.1, -0.05) is 0 Å². The minimum Gasteiger partial charge on any atom is -0.444 e. The van der Waals surface area contributed by atoms with Crippen LogP contribution in [0.4, 0.5) is 4.79 Å². The molecular weight excluding hydrogens is 286 g/mol. The van der Waals surface area contributed by atoms with Crippen LogP contribution in [0.2, 0.25) is 0 Å². The maximum absolute atomic E-state index is 12.0.